The van der Waals surface area contributed by atoms with Crippen LogP contribution in [0.25, 0.3) is 10.8 Å². The van der Waals surface area contributed by atoms with Crippen LogP contribution in [0, 0.1) is 5.92 Å². The van der Waals surface area contributed by atoms with Crippen LogP contribution in [0.3, 0.4) is 0 Å². The topological polar surface area (TPSA) is 17.1 Å². The van der Waals surface area contributed by atoms with Crippen LogP contribution in [0.5, 0.6) is 0 Å². The summed E-state index contributed by atoms with van der Waals surface area (Å²) in [4.78, 5) is 12.4. The number of alkyl halides is 1. The molecule has 86 valence electrons. The van der Waals surface area contributed by atoms with E-state index in [1.165, 1.54) is 12.8 Å². The standard InChI is InChI=1S/C15H13BrO/c16-14(11-8-9-11)15(17)13-7-3-5-10-4-1-2-6-12(10)13/h1-7,11,14H,8-9H2. The number of ketones is 1. The van der Waals surface area contributed by atoms with Gasteiger partial charge >= 0.3 is 0 Å². The number of halogens is 1. The van der Waals surface area contributed by atoms with Crippen LogP contribution < -0.4 is 0 Å². The van der Waals surface area contributed by atoms with Crippen molar-refractivity contribution in [2.45, 2.75) is 17.7 Å². The molecule has 2 heteroatoms. The normalized spacial score (nSPS) is 17.0. The highest BCUT2D eigenvalue weighted by Gasteiger charge is 2.34. The first kappa shape index (κ1) is 11.0. The molecule has 1 atom stereocenters. The maximum absolute atomic E-state index is 12.4. The third-order valence-electron chi connectivity index (χ3n) is 3.34. The van der Waals surface area contributed by atoms with Crippen LogP contribution in [0.1, 0.15) is 23.2 Å². The molecule has 0 aromatic heterocycles. The molecule has 1 saturated carbocycles. The molecule has 17 heavy (non-hydrogen) atoms. The zero-order valence-corrected chi connectivity index (χ0v) is 11.0. The van der Waals surface area contributed by atoms with E-state index >= 15 is 0 Å². The molecule has 1 nitrogen and oxygen atoms in total. The summed E-state index contributed by atoms with van der Waals surface area (Å²) in [5.41, 5.74) is 0.844. The monoisotopic (exact) mass is 288 g/mol. The van der Waals surface area contributed by atoms with E-state index in [0.717, 1.165) is 16.3 Å². The van der Waals surface area contributed by atoms with Crippen molar-refractivity contribution in [2.24, 2.45) is 5.92 Å². The molecule has 0 radical (unpaired) electrons. The summed E-state index contributed by atoms with van der Waals surface area (Å²) < 4.78 is 0. The predicted octanol–water partition coefficient (Wildman–Crippen LogP) is 4.20. The first-order chi connectivity index (χ1) is 8.27. The Morgan fingerprint density at radius 3 is 2.59 bits per heavy atom. The van der Waals surface area contributed by atoms with Crippen LogP contribution in [0.15, 0.2) is 42.5 Å². The molecule has 0 N–H and O–H groups in total. The second-order valence-corrected chi connectivity index (χ2v) is 5.62. The summed E-state index contributed by atoms with van der Waals surface area (Å²) in [7, 11) is 0. The van der Waals surface area contributed by atoms with Gasteiger partial charge in [-0.15, -0.1) is 0 Å². The number of rotatable bonds is 3. The third-order valence-corrected chi connectivity index (χ3v) is 4.50. The van der Waals surface area contributed by atoms with E-state index in [1.54, 1.807) is 0 Å². The van der Waals surface area contributed by atoms with Gasteiger partial charge in [-0.3, -0.25) is 4.79 Å². The average Bonchev–Trinajstić information content (AvgIpc) is 3.20. The van der Waals surface area contributed by atoms with Gasteiger partial charge in [0.2, 0.25) is 0 Å². The number of carbonyl (C=O) groups excluding carboxylic acids is 1. The molecule has 1 aliphatic rings. The number of fused-ring (bicyclic) bond motifs is 1. The van der Waals surface area contributed by atoms with Crippen molar-refractivity contribution in [3.63, 3.8) is 0 Å². The van der Waals surface area contributed by atoms with Gasteiger partial charge in [-0.2, -0.15) is 0 Å². The maximum atomic E-state index is 12.4. The van der Waals surface area contributed by atoms with Crippen LogP contribution in [-0.2, 0) is 0 Å². The molecule has 0 bridgehead atoms. The SMILES string of the molecule is O=C(c1cccc2ccccc12)C(Br)C1CC1. The number of benzene rings is 2. The van der Waals surface area contributed by atoms with E-state index in [2.05, 4.69) is 15.9 Å². The maximum Gasteiger partial charge on any atom is 0.177 e. The number of carbonyl (C=O) groups is 1. The van der Waals surface area contributed by atoms with Gasteiger partial charge < -0.3 is 0 Å². The Hall–Kier alpha value is -1.15. The molecule has 0 saturated heterocycles. The lowest BCUT2D eigenvalue weighted by molar-refractivity contribution is 0.0987. The number of Topliss-reactive ketones (excluding diaryl/α,β-unsaturated/α-hetero) is 1. The Balaban J connectivity index is 2.07. The minimum Gasteiger partial charge on any atom is -0.293 e. The van der Waals surface area contributed by atoms with Gasteiger partial charge in [0.1, 0.15) is 0 Å². The van der Waals surface area contributed by atoms with E-state index in [1.807, 2.05) is 42.5 Å². The Kier molecular flexibility index (Phi) is 2.75. The highest BCUT2D eigenvalue weighted by Crippen LogP contribution is 2.38. The second kappa shape index (κ2) is 4.26. The van der Waals surface area contributed by atoms with Gasteiger partial charge in [0.15, 0.2) is 5.78 Å². The van der Waals surface area contributed by atoms with Gasteiger partial charge in [0.25, 0.3) is 0 Å². The molecular weight excluding hydrogens is 276 g/mol. The average molecular weight is 289 g/mol. The van der Waals surface area contributed by atoms with E-state index < -0.39 is 0 Å². The minimum atomic E-state index is -0.00620. The molecule has 3 rings (SSSR count). The zero-order valence-electron chi connectivity index (χ0n) is 9.40. The van der Waals surface area contributed by atoms with Crippen LogP contribution in [-0.4, -0.2) is 10.6 Å². The van der Waals surface area contributed by atoms with E-state index in [0.29, 0.717) is 5.92 Å². The van der Waals surface area contributed by atoms with Crippen LogP contribution in [0.2, 0.25) is 0 Å². The van der Waals surface area contributed by atoms with Crippen molar-refractivity contribution in [2.75, 3.05) is 0 Å². The molecular formula is C15H13BrO. The van der Waals surface area contributed by atoms with Gasteiger partial charge in [-0.05, 0) is 29.5 Å². The molecule has 0 aliphatic heterocycles. The summed E-state index contributed by atoms with van der Waals surface area (Å²) >= 11 is 3.54. The Bertz CT molecular complexity index is 567. The van der Waals surface area contributed by atoms with Gasteiger partial charge in [0.05, 0.1) is 4.83 Å². The summed E-state index contributed by atoms with van der Waals surface area (Å²) in [6.07, 6.45) is 2.35. The summed E-state index contributed by atoms with van der Waals surface area (Å²) in [5, 5.41) is 2.19. The summed E-state index contributed by atoms with van der Waals surface area (Å²) in [6.45, 7) is 0. The zero-order chi connectivity index (χ0) is 11.8. The fourth-order valence-electron chi connectivity index (χ4n) is 2.19. The highest BCUT2D eigenvalue weighted by atomic mass is 79.9. The number of hydrogen-bond donors (Lipinski definition) is 0. The van der Waals surface area contributed by atoms with E-state index in [4.69, 9.17) is 0 Å². The van der Waals surface area contributed by atoms with Crippen molar-refractivity contribution in [3.8, 4) is 0 Å². The van der Waals surface area contributed by atoms with E-state index in [-0.39, 0.29) is 10.6 Å². The van der Waals surface area contributed by atoms with E-state index in [9.17, 15) is 4.79 Å². The second-order valence-electron chi connectivity index (χ2n) is 4.63. The largest absolute Gasteiger partial charge is 0.293 e. The van der Waals surface area contributed by atoms with Crippen molar-refractivity contribution in [1.82, 2.24) is 0 Å². The summed E-state index contributed by atoms with van der Waals surface area (Å²) in [5.74, 6) is 0.769. The smallest absolute Gasteiger partial charge is 0.177 e. The van der Waals surface area contributed by atoms with Crippen molar-refractivity contribution < 1.29 is 4.79 Å². The molecule has 0 amide bonds. The van der Waals surface area contributed by atoms with Crippen LogP contribution >= 0.6 is 15.9 Å². The van der Waals surface area contributed by atoms with Gasteiger partial charge in [-0.1, -0.05) is 58.4 Å². The predicted molar refractivity (Wildman–Crippen MR) is 73.7 cm³/mol. The fraction of sp³-hybridized carbons (Fsp3) is 0.267. The molecule has 1 unspecified atom stereocenters. The molecule has 0 heterocycles. The summed E-state index contributed by atoms with van der Waals surface area (Å²) in [6, 6.07) is 14.0. The fourth-order valence-corrected chi connectivity index (χ4v) is 2.97. The molecule has 1 aliphatic carbocycles. The molecule has 2 aromatic rings. The quantitative estimate of drug-likeness (QED) is 0.611. The van der Waals surface area contributed by atoms with Gasteiger partial charge in [-0.25, -0.2) is 0 Å². The highest BCUT2D eigenvalue weighted by molar-refractivity contribution is 9.10. The molecule has 2 aromatic carbocycles. The third kappa shape index (κ3) is 2.02. The lowest BCUT2D eigenvalue weighted by Gasteiger charge is -2.09. The van der Waals surface area contributed by atoms with Crippen molar-refractivity contribution in [3.05, 3.63) is 48.0 Å². The Labute approximate surface area is 109 Å². The minimum absolute atomic E-state index is 0.00620. The first-order valence-corrected chi connectivity index (χ1v) is 6.85. The lowest BCUT2D eigenvalue weighted by Crippen LogP contribution is -2.16. The van der Waals surface area contributed by atoms with Crippen molar-refractivity contribution in [1.29, 1.82) is 0 Å². The first-order valence-electron chi connectivity index (χ1n) is 5.93. The lowest BCUT2D eigenvalue weighted by atomic mass is 9.99. The Morgan fingerprint density at radius 1 is 1.12 bits per heavy atom. The Morgan fingerprint density at radius 2 is 1.82 bits per heavy atom. The van der Waals surface area contributed by atoms with Crippen LogP contribution in [0.4, 0.5) is 0 Å². The molecule has 0 spiro atoms. The number of hydrogen-bond acceptors (Lipinski definition) is 1. The molecule has 1 fully saturated rings. The van der Waals surface area contributed by atoms with Crippen molar-refractivity contribution >= 4 is 32.5 Å². The van der Waals surface area contributed by atoms with Gasteiger partial charge in [0, 0.05) is 5.56 Å².